The quantitative estimate of drug-likeness (QED) is 0.856. The zero-order valence-corrected chi connectivity index (χ0v) is 10.3. The highest BCUT2D eigenvalue weighted by Gasteiger charge is 2.31. The maximum Gasteiger partial charge on any atom is 0.0271 e. The molecule has 3 heteroatoms. The summed E-state index contributed by atoms with van der Waals surface area (Å²) < 4.78 is 0. The molecule has 0 atom stereocenters. The van der Waals surface area contributed by atoms with Gasteiger partial charge in [0.1, 0.15) is 0 Å². The van der Waals surface area contributed by atoms with E-state index in [0.717, 1.165) is 12.6 Å². The van der Waals surface area contributed by atoms with Crippen LogP contribution in [0, 0.1) is 0 Å². The smallest absolute Gasteiger partial charge is 0.0271 e. The summed E-state index contributed by atoms with van der Waals surface area (Å²) in [6.07, 6.45) is 9.23. The summed E-state index contributed by atoms with van der Waals surface area (Å²) >= 11 is 0. The third-order valence-electron chi connectivity index (χ3n) is 3.94. The normalized spacial score (nSPS) is 22.8. The van der Waals surface area contributed by atoms with E-state index in [-0.39, 0.29) is 0 Å². The summed E-state index contributed by atoms with van der Waals surface area (Å²) in [5, 5.41) is 3.66. The molecule has 3 rings (SSSR count). The first-order valence-corrected chi connectivity index (χ1v) is 6.78. The topological polar surface area (TPSA) is 28.2 Å². The van der Waals surface area contributed by atoms with Gasteiger partial charge in [-0.1, -0.05) is 0 Å². The lowest BCUT2D eigenvalue weighted by atomic mass is 10.0. The molecule has 2 heterocycles. The Morgan fingerprint density at radius 1 is 1.12 bits per heavy atom. The molecule has 92 valence electrons. The molecule has 1 aliphatic heterocycles. The molecule has 2 fully saturated rings. The van der Waals surface area contributed by atoms with E-state index in [4.69, 9.17) is 0 Å². The Bertz CT molecular complexity index is 340. The fourth-order valence-electron chi connectivity index (χ4n) is 2.67. The van der Waals surface area contributed by atoms with Gasteiger partial charge in [-0.25, -0.2) is 0 Å². The molecule has 0 radical (unpaired) electrons. The van der Waals surface area contributed by atoms with Gasteiger partial charge in [0.25, 0.3) is 0 Å². The summed E-state index contributed by atoms with van der Waals surface area (Å²) in [5.41, 5.74) is 1.34. The molecule has 2 aliphatic rings. The summed E-state index contributed by atoms with van der Waals surface area (Å²) in [7, 11) is 0. The second-order valence-corrected chi connectivity index (χ2v) is 5.28. The van der Waals surface area contributed by atoms with E-state index in [1.165, 1.54) is 44.3 Å². The van der Waals surface area contributed by atoms with Crippen molar-refractivity contribution in [1.82, 2.24) is 15.2 Å². The Morgan fingerprint density at radius 3 is 2.47 bits per heavy atom. The average Bonchev–Trinajstić information content (AvgIpc) is 3.23. The second kappa shape index (κ2) is 5.15. The molecule has 17 heavy (non-hydrogen) atoms. The van der Waals surface area contributed by atoms with Gasteiger partial charge in [0, 0.05) is 31.0 Å². The van der Waals surface area contributed by atoms with Crippen molar-refractivity contribution in [3.63, 3.8) is 0 Å². The number of nitrogens with zero attached hydrogens (tertiary/aromatic N) is 2. The Labute approximate surface area is 103 Å². The average molecular weight is 231 g/mol. The fourth-order valence-corrected chi connectivity index (χ4v) is 2.67. The van der Waals surface area contributed by atoms with E-state index in [0.29, 0.717) is 6.04 Å². The minimum absolute atomic E-state index is 0.707. The molecule has 0 unspecified atom stereocenters. The first-order chi connectivity index (χ1) is 8.42. The number of likely N-dealkylation sites (tertiary alicyclic amines) is 1. The Kier molecular flexibility index (Phi) is 3.39. The molecular weight excluding hydrogens is 210 g/mol. The van der Waals surface area contributed by atoms with Crippen LogP contribution in [0.3, 0.4) is 0 Å². The van der Waals surface area contributed by atoms with Crippen molar-refractivity contribution in [2.24, 2.45) is 0 Å². The minimum atomic E-state index is 0.707. The van der Waals surface area contributed by atoms with Gasteiger partial charge < -0.3 is 10.2 Å². The van der Waals surface area contributed by atoms with Crippen LogP contribution in [0.5, 0.6) is 0 Å². The van der Waals surface area contributed by atoms with Crippen LogP contribution in [-0.4, -0.2) is 35.1 Å². The number of nitrogens with one attached hydrogen (secondary N) is 1. The molecule has 0 aromatic carbocycles. The molecule has 1 saturated carbocycles. The number of hydrogen-bond acceptors (Lipinski definition) is 3. The number of hydrogen-bond donors (Lipinski definition) is 1. The van der Waals surface area contributed by atoms with Crippen molar-refractivity contribution in [3.8, 4) is 0 Å². The highest BCUT2D eigenvalue weighted by Crippen LogP contribution is 2.29. The van der Waals surface area contributed by atoms with Crippen LogP contribution in [-0.2, 0) is 6.54 Å². The van der Waals surface area contributed by atoms with Crippen LogP contribution in [0.25, 0.3) is 0 Å². The third kappa shape index (κ3) is 3.05. The van der Waals surface area contributed by atoms with Gasteiger partial charge in [0.05, 0.1) is 0 Å². The van der Waals surface area contributed by atoms with E-state index >= 15 is 0 Å². The zero-order valence-electron chi connectivity index (χ0n) is 10.3. The fraction of sp³-hybridized carbons (Fsp3) is 0.643. The molecule has 3 nitrogen and oxygen atoms in total. The maximum atomic E-state index is 4.04. The maximum absolute atomic E-state index is 4.04. The van der Waals surface area contributed by atoms with Crippen molar-refractivity contribution < 1.29 is 0 Å². The number of piperidine rings is 1. The number of aromatic nitrogens is 1. The predicted molar refractivity (Wildman–Crippen MR) is 68.7 cm³/mol. The van der Waals surface area contributed by atoms with E-state index in [9.17, 15) is 0 Å². The molecule has 0 amide bonds. The van der Waals surface area contributed by atoms with Crippen LogP contribution in [0.2, 0.25) is 0 Å². The summed E-state index contributed by atoms with van der Waals surface area (Å²) in [4.78, 5) is 6.71. The SMILES string of the molecule is c1cc(CNC2CCN(C3CC3)CC2)ccn1. The first kappa shape index (κ1) is 11.2. The molecule has 1 aliphatic carbocycles. The van der Waals surface area contributed by atoms with E-state index in [1.54, 1.807) is 0 Å². The van der Waals surface area contributed by atoms with Gasteiger partial charge in [-0.2, -0.15) is 0 Å². The minimum Gasteiger partial charge on any atom is -0.310 e. The monoisotopic (exact) mass is 231 g/mol. The highest BCUT2D eigenvalue weighted by atomic mass is 15.2. The van der Waals surface area contributed by atoms with Gasteiger partial charge in [0.2, 0.25) is 0 Å². The van der Waals surface area contributed by atoms with Crippen LogP contribution >= 0.6 is 0 Å². The molecular formula is C14H21N3. The molecule has 0 spiro atoms. The third-order valence-corrected chi connectivity index (χ3v) is 3.94. The second-order valence-electron chi connectivity index (χ2n) is 5.28. The van der Waals surface area contributed by atoms with Crippen LogP contribution in [0.15, 0.2) is 24.5 Å². The molecule has 1 N–H and O–H groups in total. The molecule has 1 aromatic rings. The molecule has 0 bridgehead atoms. The van der Waals surface area contributed by atoms with Crippen molar-refractivity contribution >= 4 is 0 Å². The Morgan fingerprint density at radius 2 is 1.82 bits per heavy atom. The predicted octanol–water partition coefficient (Wildman–Crippen LogP) is 1.80. The van der Waals surface area contributed by atoms with Gasteiger partial charge in [-0.05, 0) is 56.5 Å². The highest BCUT2D eigenvalue weighted by molar-refractivity contribution is 5.09. The number of pyridine rings is 1. The largest absolute Gasteiger partial charge is 0.310 e. The lowest BCUT2D eigenvalue weighted by Crippen LogP contribution is -2.43. The standard InChI is InChI=1S/C14H21N3/c1-2-14(1)17-9-5-13(6-10-17)16-11-12-3-7-15-8-4-12/h3-4,7-8,13-14,16H,1-2,5-6,9-11H2. The van der Waals surface area contributed by atoms with Crippen LogP contribution < -0.4 is 5.32 Å². The Hall–Kier alpha value is -0.930. The summed E-state index contributed by atoms with van der Waals surface area (Å²) in [6, 6.07) is 5.83. The van der Waals surface area contributed by atoms with Crippen molar-refractivity contribution in [2.75, 3.05) is 13.1 Å². The lowest BCUT2D eigenvalue weighted by molar-refractivity contribution is 0.189. The first-order valence-electron chi connectivity index (χ1n) is 6.78. The van der Waals surface area contributed by atoms with Crippen molar-refractivity contribution in [3.05, 3.63) is 30.1 Å². The van der Waals surface area contributed by atoms with E-state index < -0.39 is 0 Å². The van der Waals surface area contributed by atoms with Gasteiger partial charge >= 0.3 is 0 Å². The van der Waals surface area contributed by atoms with E-state index in [1.807, 2.05) is 12.4 Å². The summed E-state index contributed by atoms with van der Waals surface area (Å²) in [5.74, 6) is 0. The van der Waals surface area contributed by atoms with Crippen molar-refractivity contribution in [2.45, 2.75) is 44.3 Å². The number of rotatable bonds is 4. The Balaban J connectivity index is 1.41. The molecule has 1 saturated heterocycles. The van der Waals surface area contributed by atoms with Crippen LogP contribution in [0.1, 0.15) is 31.2 Å². The zero-order chi connectivity index (χ0) is 11.5. The van der Waals surface area contributed by atoms with Crippen molar-refractivity contribution in [1.29, 1.82) is 0 Å². The molecule has 1 aromatic heterocycles. The van der Waals surface area contributed by atoms with Gasteiger partial charge in [-0.15, -0.1) is 0 Å². The van der Waals surface area contributed by atoms with Gasteiger partial charge in [-0.3, -0.25) is 4.98 Å². The van der Waals surface area contributed by atoms with Crippen LogP contribution in [0.4, 0.5) is 0 Å². The van der Waals surface area contributed by atoms with Gasteiger partial charge in [0.15, 0.2) is 0 Å². The van der Waals surface area contributed by atoms with E-state index in [2.05, 4.69) is 27.3 Å². The lowest BCUT2D eigenvalue weighted by Gasteiger charge is -2.32. The summed E-state index contributed by atoms with van der Waals surface area (Å²) in [6.45, 7) is 3.56.